The zero-order valence-corrected chi connectivity index (χ0v) is 11.8. The Balaban J connectivity index is 2.85. The molecule has 0 aliphatic carbocycles. The zero-order chi connectivity index (χ0) is 12.5. The number of carbonyl (C=O) groups is 2. The van der Waals surface area contributed by atoms with Crippen molar-refractivity contribution in [2.24, 2.45) is 5.92 Å². The number of carboxylic acids is 1. The van der Waals surface area contributed by atoms with Crippen LogP contribution in [0.3, 0.4) is 0 Å². The van der Waals surface area contributed by atoms with Crippen LogP contribution in [-0.4, -0.2) is 47.9 Å². The minimum atomic E-state index is -1.55. The van der Waals surface area contributed by atoms with E-state index in [4.69, 9.17) is 5.11 Å². The predicted molar refractivity (Wildman–Crippen MR) is 68.4 cm³/mol. The van der Waals surface area contributed by atoms with Crippen molar-refractivity contribution in [3.63, 3.8) is 0 Å². The fourth-order valence-electron chi connectivity index (χ4n) is 2.08. The van der Waals surface area contributed by atoms with Crippen LogP contribution in [0, 0.1) is 5.92 Å². The highest BCUT2D eigenvalue weighted by atomic mass is 32.1. The molecule has 1 fully saturated rings. The van der Waals surface area contributed by atoms with Crippen molar-refractivity contribution in [1.82, 2.24) is 4.90 Å². The molecule has 0 aromatic heterocycles. The lowest BCUT2D eigenvalue weighted by atomic mass is 10.1. The van der Waals surface area contributed by atoms with Crippen molar-refractivity contribution in [1.29, 1.82) is 0 Å². The van der Waals surface area contributed by atoms with Gasteiger partial charge in [0.25, 0.3) is 0 Å². The quantitative estimate of drug-likeness (QED) is 0.591. The Labute approximate surface area is 102 Å². The number of hydrogen-bond donors (Lipinski definition) is 2. The SMILES string of the molecule is C[C@H](CS)C(=O)N1C[Si](C)(C)C[C@H]1C(=O)O. The second-order valence-corrected chi connectivity index (χ2v) is 10.7. The summed E-state index contributed by atoms with van der Waals surface area (Å²) >= 11 is 4.09. The summed E-state index contributed by atoms with van der Waals surface area (Å²) in [7, 11) is -1.55. The van der Waals surface area contributed by atoms with E-state index in [9.17, 15) is 9.59 Å². The molecule has 0 saturated carbocycles. The van der Waals surface area contributed by atoms with Crippen LogP contribution in [0.1, 0.15) is 6.92 Å². The number of rotatable bonds is 3. The van der Waals surface area contributed by atoms with Crippen LogP contribution in [0.25, 0.3) is 0 Å². The first-order valence-electron chi connectivity index (χ1n) is 5.42. The number of hydrogen-bond acceptors (Lipinski definition) is 3. The number of thiol groups is 1. The number of aliphatic carboxylic acids is 1. The number of amides is 1. The molecule has 0 spiro atoms. The summed E-state index contributed by atoms with van der Waals surface area (Å²) in [4.78, 5) is 24.7. The molecule has 1 saturated heterocycles. The lowest BCUT2D eigenvalue weighted by molar-refractivity contribution is -0.149. The van der Waals surface area contributed by atoms with Gasteiger partial charge in [0.05, 0.1) is 8.07 Å². The van der Waals surface area contributed by atoms with Crippen LogP contribution < -0.4 is 0 Å². The van der Waals surface area contributed by atoms with E-state index in [1.54, 1.807) is 11.8 Å². The summed E-state index contributed by atoms with van der Waals surface area (Å²) in [5.41, 5.74) is 0. The third-order valence-electron chi connectivity index (χ3n) is 2.98. The summed E-state index contributed by atoms with van der Waals surface area (Å²) in [5.74, 6) is -0.685. The highest BCUT2D eigenvalue weighted by Crippen LogP contribution is 2.28. The first-order valence-corrected chi connectivity index (χ1v) is 9.47. The standard InChI is InChI=1S/C10H19NO3SSi/c1-7(4-15)9(12)11-6-16(2,3)5-8(11)10(13)14/h7-8,15H,4-6H2,1-3H3,(H,13,14)/t7-,8+/m1/s1. The average Bonchev–Trinajstić information content (AvgIpc) is 2.52. The monoisotopic (exact) mass is 261 g/mol. The Kier molecular flexibility index (Phi) is 4.06. The lowest BCUT2D eigenvalue weighted by Gasteiger charge is -2.24. The van der Waals surface area contributed by atoms with Gasteiger partial charge >= 0.3 is 5.97 Å². The van der Waals surface area contributed by atoms with Crippen molar-refractivity contribution in [3.05, 3.63) is 0 Å². The fourth-order valence-corrected chi connectivity index (χ4v) is 5.11. The highest BCUT2D eigenvalue weighted by Gasteiger charge is 2.45. The molecule has 0 bridgehead atoms. The molecule has 16 heavy (non-hydrogen) atoms. The van der Waals surface area contributed by atoms with Gasteiger partial charge in [0.15, 0.2) is 0 Å². The molecular formula is C10H19NO3SSi. The van der Waals surface area contributed by atoms with Crippen molar-refractivity contribution < 1.29 is 14.7 Å². The van der Waals surface area contributed by atoms with Crippen molar-refractivity contribution in [2.45, 2.75) is 32.1 Å². The van der Waals surface area contributed by atoms with Gasteiger partial charge in [-0.25, -0.2) is 4.79 Å². The van der Waals surface area contributed by atoms with Gasteiger partial charge in [-0.2, -0.15) is 12.6 Å². The van der Waals surface area contributed by atoms with E-state index in [0.29, 0.717) is 18.0 Å². The lowest BCUT2D eigenvalue weighted by Crippen LogP contribution is -2.44. The Hall–Kier alpha value is -0.493. The Bertz CT molecular complexity index is 308. The van der Waals surface area contributed by atoms with Crippen molar-refractivity contribution in [2.75, 3.05) is 11.9 Å². The molecule has 0 radical (unpaired) electrons. The minimum Gasteiger partial charge on any atom is -0.480 e. The fraction of sp³-hybridized carbons (Fsp3) is 0.800. The molecule has 0 aromatic carbocycles. The van der Waals surface area contributed by atoms with E-state index in [-0.39, 0.29) is 11.8 Å². The largest absolute Gasteiger partial charge is 0.480 e. The molecule has 1 aliphatic rings. The summed E-state index contributed by atoms with van der Waals surface area (Å²) in [6, 6.07) is 0.0457. The van der Waals surface area contributed by atoms with E-state index < -0.39 is 20.1 Å². The van der Waals surface area contributed by atoms with Crippen LogP contribution in [-0.2, 0) is 9.59 Å². The maximum atomic E-state index is 12.0. The maximum absolute atomic E-state index is 12.0. The molecular weight excluding hydrogens is 242 g/mol. The molecule has 0 aromatic rings. The third kappa shape index (κ3) is 2.79. The first-order chi connectivity index (χ1) is 7.28. The van der Waals surface area contributed by atoms with E-state index in [2.05, 4.69) is 25.7 Å². The smallest absolute Gasteiger partial charge is 0.326 e. The Morgan fingerprint density at radius 2 is 2.12 bits per heavy atom. The Morgan fingerprint density at radius 1 is 1.56 bits per heavy atom. The van der Waals surface area contributed by atoms with Gasteiger partial charge < -0.3 is 10.0 Å². The van der Waals surface area contributed by atoms with Gasteiger partial charge in [-0.3, -0.25) is 4.79 Å². The molecule has 0 unspecified atom stereocenters. The van der Waals surface area contributed by atoms with Gasteiger partial charge in [-0.1, -0.05) is 20.0 Å². The van der Waals surface area contributed by atoms with E-state index in [1.807, 2.05) is 0 Å². The highest BCUT2D eigenvalue weighted by molar-refractivity contribution is 7.80. The van der Waals surface area contributed by atoms with Gasteiger partial charge in [0.2, 0.25) is 5.91 Å². The Morgan fingerprint density at radius 3 is 2.56 bits per heavy atom. The van der Waals surface area contributed by atoms with Crippen molar-refractivity contribution >= 4 is 32.6 Å². The normalized spacial score (nSPS) is 25.5. The van der Waals surface area contributed by atoms with Gasteiger partial charge in [0.1, 0.15) is 6.04 Å². The topological polar surface area (TPSA) is 57.6 Å². The molecule has 1 N–H and O–H groups in total. The summed E-state index contributed by atoms with van der Waals surface area (Å²) in [6.07, 6.45) is 0.654. The maximum Gasteiger partial charge on any atom is 0.326 e. The number of carbonyl (C=O) groups excluding carboxylic acids is 1. The molecule has 1 amide bonds. The van der Waals surface area contributed by atoms with Gasteiger partial charge in [-0.15, -0.1) is 0 Å². The van der Waals surface area contributed by atoms with E-state index >= 15 is 0 Å². The van der Waals surface area contributed by atoms with Crippen LogP contribution in [0.5, 0.6) is 0 Å². The zero-order valence-electron chi connectivity index (χ0n) is 9.93. The molecule has 92 valence electrons. The molecule has 1 rings (SSSR count). The second kappa shape index (κ2) is 4.79. The second-order valence-electron chi connectivity index (χ2n) is 5.27. The van der Waals surface area contributed by atoms with Crippen molar-refractivity contribution in [3.8, 4) is 0 Å². The minimum absolute atomic E-state index is 0.0690. The van der Waals surface area contributed by atoms with E-state index in [0.717, 1.165) is 0 Å². The molecule has 1 aliphatic heterocycles. The summed E-state index contributed by atoms with van der Waals surface area (Å²) in [6.45, 7) is 6.05. The van der Waals surface area contributed by atoms with Crippen LogP contribution >= 0.6 is 12.6 Å². The predicted octanol–water partition coefficient (Wildman–Crippen LogP) is 1.10. The summed E-state index contributed by atoms with van der Waals surface area (Å²) in [5, 5.41) is 9.13. The van der Waals surface area contributed by atoms with Gasteiger partial charge in [-0.05, 0) is 6.04 Å². The molecule has 4 nitrogen and oxygen atoms in total. The molecule has 1 heterocycles. The summed E-state index contributed by atoms with van der Waals surface area (Å²) < 4.78 is 0. The first kappa shape index (κ1) is 13.6. The molecule has 6 heteroatoms. The van der Waals surface area contributed by atoms with Gasteiger partial charge in [0, 0.05) is 17.8 Å². The average molecular weight is 261 g/mol. The third-order valence-corrected chi connectivity index (χ3v) is 6.22. The molecule has 2 atom stereocenters. The van der Waals surface area contributed by atoms with Crippen LogP contribution in [0.15, 0.2) is 0 Å². The van der Waals surface area contributed by atoms with Crippen LogP contribution in [0.4, 0.5) is 0 Å². The number of carboxylic acid groups (broad SMARTS) is 1. The van der Waals surface area contributed by atoms with Crippen LogP contribution in [0.2, 0.25) is 19.1 Å². The van der Waals surface area contributed by atoms with E-state index in [1.165, 1.54) is 0 Å². The number of nitrogens with zero attached hydrogens (tertiary/aromatic N) is 1.